The van der Waals surface area contributed by atoms with E-state index in [1.54, 1.807) is 0 Å². The van der Waals surface area contributed by atoms with Crippen molar-refractivity contribution in [1.29, 1.82) is 0 Å². The summed E-state index contributed by atoms with van der Waals surface area (Å²) in [6.07, 6.45) is 1.09. The van der Waals surface area contributed by atoms with Crippen molar-refractivity contribution >= 4 is 10.9 Å². The molecule has 148 valence electrons. The maximum Gasteiger partial charge on any atom is 0.153 e. The van der Waals surface area contributed by atoms with Gasteiger partial charge in [0.15, 0.2) is 6.04 Å². The summed E-state index contributed by atoms with van der Waals surface area (Å²) in [6.45, 7) is 14.1. The Morgan fingerprint density at radius 1 is 0.964 bits per heavy atom. The Hall–Kier alpha value is -2.26. The molecule has 0 fully saturated rings. The zero-order valence-corrected chi connectivity index (χ0v) is 18.0. The van der Waals surface area contributed by atoms with Gasteiger partial charge < -0.3 is 15.4 Å². The summed E-state index contributed by atoms with van der Waals surface area (Å²) in [5, 5.41) is 14.9. The summed E-state index contributed by atoms with van der Waals surface area (Å²) < 4.78 is 0. The molecular formula is C25H33N2O+. The van der Waals surface area contributed by atoms with Gasteiger partial charge in [0.05, 0.1) is 12.2 Å². The number of benzene rings is 2. The molecule has 0 saturated heterocycles. The average Bonchev–Trinajstić information content (AvgIpc) is 2.99. The van der Waals surface area contributed by atoms with Crippen LogP contribution in [0.3, 0.4) is 0 Å². The fourth-order valence-electron chi connectivity index (χ4n) is 4.55. The molecule has 2 heterocycles. The highest BCUT2D eigenvalue weighted by Crippen LogP contribution is 2.42. The van der Waals surface area contributed by atoms with E-state index in [0.717, 1.165) is 24.1 Å². The Morgan fingerprint density at radius 3 is 2.18 bits per heavy atom. The van der Waals surface area contributed by atoms with Crippen LogP contribution in [0, 0.1) is 0 Å². The van der Waals surface area contributed by atoms with Gasteiger partial charge in [-0.1, -0.05) is 59.7 Å². The number of hydrogen-bond donors (Lipinski definition) is 3. The highest BCUT2D eigenvalue weighted by atomic mass is 16.3. The molecule has 1 aliphatic rings. The third kappa shape index (κ3) is 3.12. The molecule has 0 unspecified atom stereocenters. The average molecular weight is 378 g/mol. The predicted octanol–water partition coefficient (Wildman–Crippen LogP) is 4.68. The van der Waals surface area contributed by atoms with Crippen LogP contribution in [-0.4, -0.2) is 16.6 Å². The number of quaternary nitrogens is 1. The maximum absolute atomic E-state index is 11.1. The first-order valence-corrected chi connectivity index (χ1v) is 10.4. The number of phenols is 1. The van der Waals surface area contributed by atoms with E-state index in [4.69, 9.17) is 0 Å². The van der Waals surface area contributed by atoms with Crippen LogP contribution in [0.1, 0.15) is 75.5 Å². The first-order valence-electron chi connectivity index (χ1n) is 10.4. The molecule has 0 saturated carbocycles. The number of fused-ring (bicyclic) bond motifs is 3. The number of hydrogen-bond acceptors (Lipinski definition) is 1. The number of aromatic hydroxyl groups is 1. The zero-order valence-electron chi connectivity index (χ0n) is 18.0. The van der Waals surface area contributed by atoms with Crippen LogP contribution in [0.4, 0.5) is 0 Å². The number of para-hydroxylation sites is 1. The Kier molecular flexibility index (Phi) is 4.35. The molecule has 4 rings (SSSR count). The van der Waals surface area contributed by atoms with Crippen molar-refractivity contribution < 1.29 is 10.4 Å². The summed E-state index contributed by atoms with van der Waals surface area (Å²) >= 11 is 0. The molecule has 3 nitrogen and oxygen atoms in total. The first-order chi connectivity index (χ1) is 13.1. The molecule has 0 radical (unpaired) electrons. The quantitative estimate of drug-likeness (QED) is 0.567. The van der Waals surface area contributed by atoms with Crippen LogP contribution >= 0.6 is 0 Å². The zero-order chi connectivity index (χ0) is 20.3. The Balaban J connectivity index is 1.94. The van der Waals surface area contributed by atoms with Crippen molar-refractivity contribution in [2.45, 2.75) is 64.8 Å². The number of aromatic amines is 1. The van der Waals surface area contributed by atoms with Crippen molar-refractivity contribution in [3.63, 3.8) is 0 Å². The minimum atomic E-state index is -0.113. The molecule has 3 heteroatoms. The topological polar surface area (TPSA) is 52.6 Å². The van der Waals surface area contributed by atoms with E-state index in [-0.39, 0.29) is 16.9 Å². The summed E-state index contributed by atoms with van der Waals surface area (Å²) in [6, 6.07) is 13.3. The standard InChI is InChI=1S/C25H32N2O/c1-24(2,3)18-13-15(14-19(23(18)28)25(4,5)6)21-22-17(11-12-26-21)16-9-7-8-10-20(16)27-22/h7-10,13-14,21,26-28H,11-12H2,1-6H3/p+1/t21-/m0/s1. The molecule has 0 spiro atoms. The van der Waals surface area contributed by atoms with Gasteiger partial charge in [-0.2, -0.15) is 0 Å². The van der Waals surface area contributed by atoms with E-state index in [2.05, 4.69) is 88.2 Å². The van der Waals surface area contributed by atoms with Gasteiger partial charge in [-0.25, -0.2) is 0 Å². The lowest BCUT2D eigenvalue weighted by Gasteiger charge is -2.30. The molecule has 0 aliphatic carbocycles. The third-order valence-electron chi connectivity index (χ3n) is 6.06. The van der Waals surface area contributed by atoms with E-state index in [0.29, 0.717) is 5.75 Å². The smallest absolute Gasteiger partial charge is 0.153 e. The Labute approximate surface area is 168 Å². The Morgan fingerprint density at radius 2 is 1.57 bits per heavy atom. The SMILES string of the molecule is CC(C)(C)c1cc([C@@H]2[NH2+]CCc3c2[nH]c2ccccc32)cc(C(C)(C)C)c1O. The summed E-state index contributed by atoms with van der Waals surface area (Å²) in [4.78, 5) is 3.70. The Bertz CT molecular complexity index is 996. The van der Waals surface area contributed by atoms with E-state index in [9.17, 15) is 5.11 Å². The number of aromatic nitrogens is 1. The molecule has 4 N–H and O–H groups in total. The number of H-pyrrole nitrogens is 1. The molecule has 1 atom stereocenters. The molecule has 0 bridgehead atoms. The highest BCUT2D eigenvalue weighted by Gasteiger charge is 2.33. The molecule has 0 amide bonds. The second kappa shape index (κ2) is 6.38. The van der Waals surface area contributed by atoms with Crippen LogP contribution in [0.5, 0.6) is 5.75 Å². The molecule has 1 aromatic heterocycles. The van der Waals surface area contributed by atoms with Gasteiger partial charge >= 0.3 is 0 Å². The number of nitrogens with one attached hydrogen (secondary N) is 1. The van der Waals surface area contributed by atoms with Crippen molar-refractivity contribution in [3.05, 3.63) is 64.3 Å². The van der Waals surface area contributed by atoms with E-state index in [1.807, 2.05) is 0 Å². The van der Waals surface area contributed by atoms with Crippen molar-refractivity contribution in [2.24, 2.45) is 0 Å². The van der Waals surface area contributed by atoms with Gasteiger partial charge in [0.2, 0.25) is 0 Å². The second-order valence-electron chi connectivity index (χ2n) is 10.3. The van der Waals surface area contributed by atoms with Crippen molar-refractivity contribution in [2.75, 3.05) is 6.54 Å². The van der Waals surface area contributed by atoms with Crippen LogP contribution < -0.4 is 5.32 Å². The van der Waals surface area contributed by atoms with Crippen LogP contribution in [0.15, 0.2) is 36.4 Å². The molecule has 2 aromatic carbocycles. The van der Waals surface area contributed by atoms with Gasteiger partial charge in [-0.15, -0.1) is 0 Å². The van der Waals surface area contributed by atoms with Crippen LogP contribution in [-0.2, 0) is 17.3 Å². The first kappa shape index (κ1) is 19.1. The summed E-state index contributed by atoms with van der Waals surface area (Å²) in [5.74, 6) is 0.455. The van der Waals surface area contributed by atoms with Gasteiger partial charge in [-0.3, -0.25) is 0 Å². The highest BCUT2D eigenvalue weighted by molar-refractivity contribution is 5.85. The van der Waals surface area contributed by atoms with Gasteiger partial charge in [-0.05, 0) is 34.6 Å². The van der Waals surface area contributed by atoms with E-state index < -0.39 is 0 Å². The maximum atomic E-state index is 11.1. The number of nitrogens with two attached hydrogens (primary N) is 1. The monoisotopic (exact) mass is 377 g/mol. The van der Waals surface area contributed by atoms with Crippen LogP contribution in [0.2, 0.25) is 0 Å². The van der Waals surface area contributed by atoms with E-state index >= 15 is 0 Å². The fourth-order valence-corrected chi connectivity index (χ4v) is 4.55. The fraction of sp³-hybridized carbons (Fsp3) is 0.440. The summed E-state index contributed by atoms with van der Waals surface area (Å²) in [7, 11) is 0. The minimum absolute atomic E-state index is 0.113. The lowest BCUT2D eigenvalue weighted by atomic mass is 9.77. The lowest BCUT2D eigenvalue weighted by Crippen LogP contribution is -2.87. The predicted molar refractivity (Wildman–Crippen MR) is 116 cm³/mol. The van der Waals surface area contributed by atoms with Crippen molar-refractivity contribution in [3.8, 4) is 5.75 Å². The second-order valence-corrected chi connectivity index (χ2v) is 10.3. The third-order valence-corrected chi connectivity index (χ3v) is 6.06. The normalized spacial score (nSPS) is 17.7. The molecular weight excluding hydrogens is 344 g/mol. The van der Waals surface area contributed by atoms with Gasteiger partial charge in [0.25, 0.3) is 0 Å². The largest absolute Gasteiger partial charge is 0.507 e. The van der Waals surface area contributed by atoms with E-state index in [1.165, 1.54) is 27.7 Å². The number of rotatable bonds is 1. The number of phenolic OH excluding ortho intramolecular Hbond substituents is 1. The molecule has 1 aliphatic heterocycles. The van der Waals surface area contributed by atoms with Crippen LogP contribution in [0.25, 0.3) is 10.9 Å². The lowest BCUT2D eigenvalue weighted by molar-refractivity contribution is -0.690. The minimum Gasteiger partial charge on any atom is -0.507 e. The van der Waals surface area contributed by atoms with Crippen molar-refractivity contribution in [1.82, 2.24) is 4.98 Å². The van der Waals surface area contributed by atoms with Gasteiger partial charge in [0, 0.05) is 34.0 Å². The molecule has 3 aromatic rings. The molecule has 28 heavy (non-hydrogen) atoms. The summed E-state index contributed by atoms with van der Waals surface area (Å²) in [5.41, 5.74) is 7.11. The van der Waals surface area contributed by atoms with Gasteiger partial charge in [0.1, 0.15) is 5.75 Å².